The van der Waals surface area contributed by atoms with Crippen LogP contribution in [0.3, 0.4) is 0 Å². The summed E-state index contributed by atoms with van der Waals surface area (Å²) in [5, 5.41) is 11.7. The highest BCUT2D eigenvalue weighted by Gasteiger charge is 2.08. The molecule has 7 nitrogen and oxygen atoms in total. The molecule has 0 saturated heterocycles. The minimum Gasteiger partial charge on any atom is -0.326 e. The molecule has 5 aromatic rings. The van der Waals surface area contributed by atoms with Crippen LogP contribution in [0.25, 0.3) is 26.9 Å². The van der Waals surface area contributed by atoms with Crippen molar-refractivity contribution < 1.29 is 0 Å². The van der Waals surface area contributed by atoms with E-state index in [1.165, 1.54) is 21.4 Å². The molecule has 0 aliphatic rings. The van der Waals surface area contributed by atoms with Crippen LogP contribution in [0, 0.1) is 0 Å². The third-order valence-electron chi connectivity index (χ3n) is 4.15. The summed E-state index contributed by atoms with van der Waals surface area (Å²) < 4.78 is 4.46. The van der Waals surface area contributed by atoms with Gasteiger partial charge in [0, 0.05) is 6.54 Å². The van der Waals surface area contributed by atoms with Crippen molar-refractivity contribution in [1.29, 1.82) is 0 Å². The molecule has 9 heteroatoms. The van der Waals surface area contributed by atoms with Crippen molar-refractivity contribution in [2.24, 2.45) is 0 Å². The number of hydrogen-bond acceptors (Lipinski definition) is 7. The van der Waals surface area contributed by atoms with E-state index in [9.17, 15) is 0 Å². The Morgan fingerprint density at radius 1 is 1.12 bits per heavy atom. The highest BCUT2D eigenvalue weighted by Crippen LogP contribution is 2.29. The van der Waals surface area contributed by atoms with Crippen LogP contribution in [0.5, 0.6) is 0 Å². The van der Waals surface area contributed by atoms with E-state index in [0.717, 1.165) is 33.1 Å². The Morgan fingerprint density at radius 3 is 2.92 bits per heavy atom. The Labute approximate surface area is 156 Å². The Balaban J connectivity index is 1.49. The van der Waals surface area contributed by atoms with Gasteiger partial charge in [-0.2, -0.15) is 0 Å². The fourth-order valence-electron chi connectivity index (χ4n) is 2.92. The number of aromatic nitrogens is 7. The van der Waals surface area contributed by atoms with Crippen LogP contribution in [0.1, 0.15) is 5.56 Å². The average Bonchev–Trinajstić information content (AvgIpc) is 3.40. The minimum atomic E-state index is 0.764. The summed E-state index contributed by atoms with van der Waals surface area (Å²) in [6.45, 7) is 0.764. The van der Waals surface area contributed by atoms with Crippen LogP contribution in [0.4, 0.5) is 0 Å². The number of rotatable bonds is 4. The zero-order valence-electron chi connectivity index (χ0n) is 13.8. The number of benzene rings is 2. The quantitative estimate of drug-likeness (QED) is 0.446. The summed E-state index contributed by atoms with van der Waals surface area (Å²) >= 11 is 3.42. The highest BCUT2D eigenvalue weighted by atomic mass is 32.2. The maximum Gasteiger partial charge on any atom is 0.162 e. The van der Waals surface area contributed by atoms with E-state index >= 15 is 0 Å². The van der Waals surface area contributed by atoms with E-state index < -0.39 is 0 Å². The monoisotopic (exact) mass is 379 g/mol. The lowest BCUT2D eigenvalue weighted by Gasteiger charge is -2.05. The number of hydrogen-bond donors (Lipinski definition) is 0. The normalized spacial score (nSPS) is 11.6. The summed E-state index contributed by atoms with van der Waals surface area (Å²) in [5.41, 5.74) is 5.11. The van der Waals surface area contributed by atoms with Gasteiger partial charge in [0.05, 0.1) is 33.3 Å². The van der Waals surface area contributed by atoms with Crippen LogP contribution in [-0.2, 0) is 6.54 Å². The molecular weight excluding hydrogens is 366 g/mol. The predicted octanol–water partition coefficient (Wildman–Crippen LogP) is 3.39. The molecule has 2 aromatic carbocycles. The topological polar surface area (TPSA) is 74.3 Å². The van der Waals surface area contributed by atoms with Gasteiger partial charge in [0.1, 0.15) is 0 Å². The van der Waals surface area contributed by atoms with Crippen molar-refractivity contribution >= 4 is 44.3 Å². The molecular formula is C17H13N7S2. The van der Waals surface area contributed by atoms with Gasteiger partial charge in [-0.25, -0.2) is 9.97 Å². The second-order valence-corrected chi connectivity index (χ2v) is 7.84. The lowest BCUT2D eigenvalue weighted by atomic mass is 10.2. The minimum absolute atomic E-state index is 0.764. The van der Waals surface area contributed by atoms with Crippen LogP contribution < -0.4 is 0 Å². The molecule has 0 fully saturated rings. The zero-order chi connectivity index (χ0) is 17.5. The first-order valence-corrected chi connectivity index (χ1v) is 9.96. The third-order valence-corrected chi connectivity index (χ3v) is 6.15. The van der Waals surface area contributed by atoms with Gasteiger partial charge >= 0.3 is 0 Å². The largest absolute Gasteiger partial charge is 0.326 e. The second-order valence-electron chi connectivity index (χ2n) is 5.76. The van der Waals surface area contributed by atoms with Gasteiger partial charge in [0.2, 0.25) is 0 Å². The van der Waals surface area contributed by atoms with E-state index in [1.54, 1.807) is 23.1 Å². The van der Waals surface area contributed by atoms with Gasteiger partial charge in [0.25, 0.3) is 0 Å². The van der Waals surface area contributed by atoms with Gasteiger partial charge in [-0.1, -0.05) is 17.8 Å². The van der Waals surface area contributed by atoms with Crippen molar-refractivity contribution in [3.05, 3.63) is 54.6 Å². The summed E-state index contributed by atoms with van der Waals surface area (Å²) in [6, 6.07) is 12.4. The SMILES string of the molecule is CSc1nc2ccc(Cn3cnc4cc(-n5ncnn5)ccc43)cc2s1. The van der Waals surface area contributed by atoms with Crippen molar-refractivity contribution in [3.8, 4) is 5.69 Å². The Kier molecular flexibility index (Phi) is 3.68. The molecule has 5 rings (SSSR count). The van der Waals surface area contributed by atoms with Crippen molar-refractivity contribution in [2.45, 2.75) is 10.9 Å². The molecule has 0 aliphatic heterocycles. The van der Waals surface area contributed by atoms with Gasteiger partial charge in [-0.05, 0) is 47.4 Å². The number of fused-ring (bicyclic) bond motifs is 2. The van der Waals surface area contributed by atoms with E-state index in [4.69, 9.17) is 0 Å². The summed E-state index contributed by atoms with van der Waals surface area (Å²) in [7, 11) is 0. The smallest absolute Gasteiger partial charge is 0.162 e. The average molecular weight is 379 g/mol. The fraction of sp³-hybridized carbons (Fsp3) is 0.118. The first-order chi connectivity index (χ1) is 12.8. The molecule has 0 atom stereocenters. The molecule has 0 aliphatic carbocycles. The first-order valence-electron chi connectivity index (χ1n) is 7.92. The molecule has 0 amide bonds. The first kappa shape index (κ1) is 15.5. The number of thiazole rings is 1. The van der Waals surface area contributed by atoms with Gasteiger partial charge in [0.15, 0.2) is 10.7 Å². The van der Waals surface area contributed by atoms with Crippen LogP contribution >= 0.6 is 23.1 Å². The van der Waals surface area contributed by atoms with Gasteiger partial charge in [-0.15, -0.1) is 26.3 Å². The molecule has 3 heterocycles. The summed E-state index contributed by atoms with van der Waals surface area (Å²) in [4.78, 5) is 10.6. The van der Waals surface area contributed by atoms with Crippen LogP contribution in [-0.4, -0.2) is 41.0 Å². The van der Waals surface area contributed by atoms with E-state index in [1.807, 2.05) is 24.5 Å². The third kappa shape index (κ3) is 2.65. The zero-order valence-corrected chi connectivity index (χ0v) is 15.4. The maximum absolute atomic E-state index is 4.60. The molecule has 0 saturated carbocycles. The molecule has 0 spiro atoms. The Hall–Kier alpha value is -2.78. The molecule has 0 radical (unpaired) electrons. The molecule has 3 aromatic heterocycles. The second kappa shape index (κ2) is 6.19. The molecule has 128 valence electrons. The van der Waals surface area contributed by atoms with Gasteiger partial charge in [-0.3, -0.25) is 0 Å². The molecule has 0 bridgehead atoms. The highest BCUT2D eigenvalue weighted by molar-refractivity contribution is 8.00. The predicted molar refractivity (Wildman–Crippen MR) is 103 cm³/mol. The van der Waals surface area contributed by atoms with Crippen molar-refractivity contribution in [2.75, 3.05) is 6.26 Å². The molecule has 0 N–H and O–H groups in total. The number of nitrogens with zero attached hydrogens (tertiary/aromatic N) is 7. The molecule has 26 heavy (non-hydrogen) atoms. The standard InChI is InChI=1S/C17H13N7S2/c1-25-17-21-13-4-2-11(6-16(13)26-17)8-23-10-18-14-7-12(3-5-15(14)23)24-20-9-19-22-24/h2-7,9-10H,8H2,1H3. The number of tetrazole rings is 1. The Morgan fingerprint density at radius 2 is 2.08 bits per heavy atom. The van der Waals surface area contributed by atoms with Crippen LogP contribution in [0.2, 0.25) is 0 Å². The molecule has 0 unspecified atom stereocenters. The summed E-state index contributed by atoms with van der Waals surface area (Å²) in [6.07, 6.45) is 5.34. The van der Waals surface area contributed by atoms with Crippen molar-refractivity contribution in [3.63, 3.8) is 0 Å². The van der Waals surface area contributed by atoms with E-state index in [-0.39, 0.29) is 0 Å². The van der Waals surface area contributed by atoms with Crippen LogP contribution in [0.15, 0.2) is 53.4 Å². The van der Waals surface area contributed by atoms with Crippen molar-refractivity contribution in [1.82, 2.24) is 34.7 Å². The Bertz CT molecular complexity index is 1210. The maximum atomic E-state index is 4.60. The van der Waals surface area contributed by atoms with E-state index in [0.29, 0.717) is 0 Å². The van der Waals surface area contributed by atoms with Gasteiger partial charge < -0.3 is 4.57 Å². The number of thioether (sulfide) groups is 1. The number of imidazole rings is 1. The van der Waals surface area contributed by atoms with E-state index in [2.05, 4.69) is 54.4 Å². The lowest BCUT2D eigenvalue weighted by molar-refractivity contribution is 0.720. The summed E-state index contributed by atoms with van der Waals surface area (Å²) in [5.74, 6) is 0. The fourth-order valence-corrected chi connectivity index (χ4v) is 4.47. The lowest BCUT2D eigenvalue weighted by Crippen LogP contribution is -2.00.